The molecule has 1 saturated heterocycles. The SMILES string of the molecule is O=C1CC(CO)CN1c1ccc(B(O)O)cn1. The van der Waals surface area contributed by atoms with Crippen LogP contribution >= 0.6 is 0 Å². The normalized spacial score (nSPS) is 19.8. The first-order chi connectivity index (χ1) is 8.11. The van der Waals surface area contributed by atoms with E-state index in [9.17, 15) is 4.79 Å². The van der Waals surface area contributed by atoms with Crippen LogP contribution in [-0.2, 0) is 4.79 Å². The highest BCUT2D eigenvalue weighted by Crippen LogP contribution is 2.22. The van der Waals surface area contributed by atoms with Gasteiger partial charge >= 0.3 is 7.12 Å². The van der Waals surface area contributed by atoms with E-state index in [0.717, 1.165) is 0 Å². The molecular formula is C10H13BN2O4. The van der Waals surface area contributed by atoms with Gasteiger partial charge in [0.15, 0.2) is 0 Å². The molecular weight excluding hydrogens is 223 g/mol. The van der Waals surface area contributed by atoms with Gasteiger partial charge in [0.2, 0.25) is 5.91 Å². The van der Waals surface area contributed by atoms with Crippen molar-refractivity contribution in [2.24, 2.45) is 5.92 Å². The molecule has 1 aliphatic heterocycles. The lowest BCUT2D eigenvalue weighted by molar-refractivity contribution is -0.117. The first-order valence-electron chi connectivity index (χ1n) is 5.35. The van der Waals surface area contributed by atoms with Gasteiger partial charge in [-0.15, -0.1) is 0 Å². The van der Waals surface area contributed by atoms with Gasteiger partial charge in [0.1, 0.15) is 5.82 Å². The van der Waals surface area contributed by atoms with Gasteiger partial charge in [-0.3, -0.25) is 9.69 Å². The predicted octanol–water partition coefficient (Wildman–Crippen LogP) is -1.89. The molecule has 0 saturated carbocycles. The summed E-state index contributed by atoms with van der Waals surface area (Å²) in [7, 11) is -1.56. The van der Waals surface area contributed by atoms with Crippen LogP contribution in [-0.4, -0.2) is 46.3 Å². The lowest BCUT2D eigenvalue weighted by atomic mass is 9.82. The van der Waals surface area contributed by atoms with E-state index >= 15 is 0 Å². The van der Waals surface area contributed by atoms with Crippen LogP contribution in [0.1, 0.15) is 6.42 Å². The minimum Gasteiger partial charge on any atom is -0.423 e. The fraction of sp³-hybridized carbons (Fsp3) is 0.400. The van der Waals surface area contributed by atoms with E-state index in [0.29, 0.717) is 18.8 Å². The van der Waals surface area contributed by atoms with Crippen LogP contribution in [0.2, 0.25) is 0 Å². The first-order valence-corrected chi connectivity index (χ1v) is 5.35. The number of rotatable bonds is 3. The van der Waals surface area contributed by atoms with Crippen LogP contribution < -0.4 is 10.4 Å². The summed E-state index contributed by atoms with van der Waals surface area (Å²) < 4.78 is 0. The highest BCUT2D eigenvalue weighted by atomic mass is 16.4. The molecule has 1 amide bonds. The summed E-state index contributed by atoms with van der Waals surface area (Å²) in [5, 5.41) is 26.8. The molecule has 1 aromatic rings. The maximum Gasteiger partial charge on any atom is 0.490 e. The number of aromatic nitrogens is 1. The Labute approximate surface area is 98.7 Å². The van der Waals surface area contributed by atoms with E-state index in [2.05, 4.69) is 4.98 Å². The van der Waals surface area contributed by atoms with Crippen LogP contribution in [0.3, 0.4) is 0 Å². The van der Waals surface area contributed by atoms with Gasteiger partial charge < -0.3 is 15.2 Å². The summed E-state index contributed by atoms with van der Waals surface area (Å²) in [6.45, 7) is 0.430. The minimum atomic E-state index is -1.56. The van der Waals surface area contributed by atoms with E-state index in [1.807, 2.05) is 0 Å². The number of aliphatic hydroxyl groups is 1. The molecule has 3 N–H and O–H groups in total. The van der Waals surface area contributed by atoms with Gasteiger partial charge in [0, 0.05) is 37.2 Å². The van der Waals surface area contributed by atoms with Crippen LogP contribution in [0.25, 0.3) is 0 Å². The zero-order chi connectivity index (χ0) is 12.4. The number of carbonyl (C=O) groups is 1. The predicted molar refractivity (Wildman–Crippen MR) is 61.6 cm³/mol. The van der Waals surface area contributed by atoms with E-state index in [1.165, 1.54) is 17.2 Å². The molecule has 90 valence electrons. The van der Waals surface area contributed by atoms with Crippen LogP contribution in [0, 0.1) is 5.92 Å². The topological polar surface area (TPSA) is 93.9 Å². The van der Waals surface area contributed by atoms with Crippen molar-refractivity contribution in [2.45, 2.75) is 6.42 Å². The van der Waals surface area contributed by atoms with Gasteiger partial charge in [-0.25, -0.2) is 4.98 Å². The first kappa shape index (κ1) is 12.0. The van der Waals surface area contributed by atoms with Gasteiger partial charge in [0.05, 0.1) is 0 Å². The van der Waals surface area contributed by atoms with E-state index < -0.39 is 7.12 Å². The molecule has 0 spiro atoms. The highest BCUT2D eigenvalue weighted by Gasteiger charge is 2.30. The fourth-order valence-corrected chi connectivity index (χ4v) is 1.84. The van der Waals surface area contributed by atoms with Crippen molar-refractivity contribution in [2.75, 3.05) is 18.1 Å². The van der Waals surface area contributed by atoms with Crippen molar-refractivity contribution in [1.29, 1.82) is 0 Å². The quantitative estimate of drug-likeness (QED) is 0.533. The molecule has 17 heavy (non-hydrogen) atoms. The third kappa shape index (κ3) is 2.46. The molecule has 1 aromatic heterocycles. The van der Waals surface area contributed by atoms with Gasteiger partial charge in [-0.2, -0.15) is 0 Å². The van der Waals surface area contributed by atoms with Crippen LogP contribution in [0.15, 0.2) is 18.3 Å². The van der Waals surface area contributed by atoms with Gasteiger partial charge in [-0.1, -0.05) is 6.07 Å². The van der Waals surface area contributed by atoms with Crippen LogP contribution in [0.5, 0.6) is 0 Å². The second-order valence-corrected chi connectivity index (χ2v) is 4.08. The number of pyridine rings is 1. The molecule has 0 aliphatic carbocycles. The molecule has 0 radical (unpaired) electrons. The van der Waals surface area contributed by atoms with Gasteiger partial charge in [0.25, 0.3) is 0 Å². The Hall–Kier alpha value is -1.44. The molecule has 6 nitrogen and oxygen atoms in total. The molecule has 2 heterocycles. The largest absolute Gasteiger partial charge is 0.490 e. The van der Waals surface area contributed by atoms with Crippen molar-refractivity contribution < 1.29 is 19.9 Å². The lowest BCUT2D eigenvalue weighted by Gasteiger charge is -2.15. The zero-order valence-corrected chi connectivity index (χ0v) is 9.15. The Morgan fingerprint density at radius 3 is 2.71 bits per heavy atom. The Morgan fingerprint density at radius 2 is 2.24 bits per heavy atom. The van der Waals surface area contributed by atoms with Crippen LogP contribution in [0.4, 0.5) is 5.82 Å². The molecule has 1 unspecified atom stereocenters. The smallest absolute Gasteiger partial charge is 0.423 e. The molecule has 0 aromatic carbocycles. The van der Waals surface area contributed by atoms with Gasteiger partial charge in [-0.05, 0) is 6.07 Å². The average molecular weight is 236 g/mol. The Morgan fingerprint density at radius 1 is 1.47 bits per heavy atom. The number of aliphatic hydroxyl groups excluding tert-OH is 1. The maximum absolute atomic E-state index is 11.6. The van der Waals surface area contributed by atoms with Crippen molar-refractivity contribution in [3.05, 3.63) is 18.3 Å². The fourth-order valence-electron chi connectivity index (χ4n) is 1.84. The monoisotopic (exact) mass is 236 g/mol. The van der Waals surface area contributed by atoms with Crippen molar-refractivity contribution in [1.82, 2.24) is 4.98 Å². The van der Waals surface area contributed by atoms with Crippen molar-refractivity contribution in [3.8, 4) is 0 Å². The second kappa shape index (κ2) is 4.83. The Kier molecular flexibility index (Phi) is 3.42. The number of anilines is 1. The third-order valence-electron chi connectivity index (χ3n) is 2.81. The maximum atomic E-state index is 11.6. The summed E-state index contributed by atoms with van der Waals surface area (Å²) in [4.78, 5) is 17.1. The van der Waals surface area contributed by atoms with Crippen molar-refractivity contribution in [3.63, 3.8) is 0 Å². The lowest BCUT2D eigenvalue weighted by Crippen LogP contribution is -2.31. The van der Waals surface area contributed by atoms with E-state index in [1.54, 1.807) is 6.07 Å². The second-order valence-electron chi connectivity index (χ2n) is 4.08. The molecule has 2 rings (SSSR count). The molecule has 0 bridgehead atoms. The Bertz CT molecular complexity index is 409. The number of nitrogens with zero attached hydrogens (tertiary/aromatic N) is 2. The summed E-state index contributed by atoms with van der Waals surface area (Å²) in [6, 6.07) is 3.07. The highest BCUT2D eigenvalue weighted by molar-refractivity contribution is 6.58. The number of amides is 1. The molecule has 1 aliphatic rings. The van der Waals surface area contributed by atoms with E-state index in [4.69, 9.17) is 15.2 Å². The zero-order valence-electron chi connectivity index (χ0n) is 9.15. The summed E-state index contributed by atoms with van der Waals surface area (Å²) in [5.74, 6) is 0.344. The molecule has 7 heteroatoms. The summed E-state index contributed by atoms with van der Waals surface area (Å²) in [6.07, 6.45) is 1.64. The summed E-state index contributed by atoms with van der Waals surface area (Å²) in [5.41, 5.74) is 0.277. The summed E-state index contributed by atoms with van der Waals surface area (Å²) >= 11 is 0. The number of hydrogen-bond donors (Lipinski definition) is 3. The number of hydrogen-bond acceptors (Lipinski definition) is 5. The standard InChI is InChI=1S/C10H13BN2O4/c14-6-7-3-10(15)13(5-7)9-2-1-8(4-12-9)11(16)17/h1-2,4,7,14,16-17H,3,5-6H2. The minimum absolute atomic E-state index is 0.0182. The third-order valence-corrected chi connectivity index (χ3v) is 2.81. The van der Waals surface area contributed by atoms with Crippen molar-refractivity contribution >= 4 is 24.3 Å². The molecule has 1 fully saturated rings. The molecule has 1 atom stereocenters. The van der Waals surface area contributed by atoms with E-state index in [-0.39, 0.29) is 23.9 Å². The number of carbonyl (C=O) groups excluding carboxylic acids is 1. The Balaban J connectivity index is 2.15. The average Bonchev–Trinajstić information content (AvgIpc) is 2.71.